The van der Waals surface area contributed by atoms with E-state index in [1.807, 2.05) is 0 Å². The predicted octanol–water partition coefficient (Wildman–Crippen LogP) is -1.68. The number of nitrogens with two attached hydrogens (primary N) is 1. The number of nitrogen functional groups attached to an aromatic ring is 1. The van der Waals surface area contributed by atoms with Gasteiger partial charge in [-0.2, -0.15) is 0 Å². The second-order valence-electron chi connectivity index (χ2n) is 9.07. The van der Waals surface area contributed by atoms with Crippen LogP contribution in [0.5, 0.6) is 0 Å². The molecule has 9 unspecified atom stereocenters. The normalized spacial score (nSPS) is 37.6. The Kier molecular flexibility index (Phi) is 6.37. The van der Waals surface area contributed by atoms with E-state index in [-0.39, 0.29) is 17.8 Å². The molecule has 3 aliphatic rings. The van der Waals surface area contributed by atoms with Crippen molar-refractivity contribution in [2.24, 2.45) is 0 Å². The summed E-state index contributed by atoms with van der Waals surface area (Å²) in [6.07, 6.45) is -6.84. The number of ether oxygens (including phenoxy) is 5. The summed E-state index contributed by atoms with van der Waals surface area (Å²) < 4.78 is 29.2. The molecule has 0 aliphatic carbocycles. The lowest BCUT2D eigenvalue weighted by Gasteiger charge is -2.52. The van der Waals surface area contributed by atoms with E-state index >= 15 is 0 Å². The summed E-state index contributed by atoms with van der Waals surface area (Å²) in [4.78, 5) is 37.1. The Bertz CT molecular complexity index is 1250. The number of esters is 2. The third kappa shape index (κ3) is 3.94. The number of carbonyl (C=O) groups is 2. The predicted molar refractivity (Wildman–Crippen MR) is 120 cm³/mol. The Balaban J connectivity index is 1.48. The third-order valence-electron chi connectivity index (χ3n) is 6.96. The SMILES string of the molecule is CC=C(C)C(=O)OC1C(O)C(C(=O)OC)OC2CC3OC(n4cnc5c(N)ncnc54)C(O)C3OC21O. The number of aliphatic hydroxyl groups is 3. The number of imidazole rings is 1. The molecule has 9 atom stereocenters. The van der Waals surface area contributed by atoms with Crippen LogP contribution in [0.15, 0.2) is 24.3 Å². The second kappa shape index (κ2) is 9.27. The highest BCUT2D eigenvalue weighted by Gasteiger charge is 2.67. The molecule has 5 N–H and O–H groups in total. The van der Waals surface area contributed by atoms with Gasteiger partial charge in [0.05, 0.1) is 19.5 Å². The minimum Gasteiger partial charge on any atom is -0.467 e. The van der Waals surface area contributed by atoms with Gasteiger partial charge in [0.1, 0.15) is 36.3 Å². The van der Waals surface area contributed by atoms with Gasteiger partial charge in [-0.25, -0.2) is 24.5 Å². The summed E-state index contributed by atoms with van der Waals surface area (Å²) in [5.41, 5.74) is 6.66. The van der Waals surface area contributed by atoms with Crippen molar-refractivity contribution in [3.63, 3.8) is 0 Å². The summed E-state index contributed by atoms with van der Waals surface area (Å²) in [6, 6.07) is 0. The topological polar surface area (TPSA) is 211 Å². The number of aromatic nitrogens is 4. The number of rotatable bonds is 4. The average Bonchev–Trinajstić information content (AvgIpc) is 3.45. The molecule has 0 radical (unpaired) electrons. The van der Waals surface area contributed by atoms with Crippen molar-refractivity contribution in [2.75, 3.05) is 12.8 Å². The number of anilines is 1. The van der Waals surface area contributed by atoms with Gasteiger partial charge in [-0.3, -0.25) is 4.57 Å². The van der Waals surface area contributed by atoms with Gasteiger partial charge in [-0.1, -0.05) is 6.08 Å². The Hall–Kier alpha value is -3.21. The molecule has 200 valence electrons. The lowest BCUT2D eigenvalue weighted by atomic mass is 9.84. The highest BCUT2D eigenvalue weighted by atomic mass is 16.7. The van der Waals surface area contributed by atoms with Gasteiger partial charge in [-0.05, 0) is 13.8 Å². The van der Waals surface area contributed by atoms with Crippen LogP contribution in [0.1, 0.15) is 26.5 Å². The van der Waals surface area contributed by atoms with Crippen molar-refractivity contribution in [2.45, 2.75) is 75.0 Å². The number of hydrogen-bond acceptors (Lipinski definition) is 14. The standard InChI is InChI=1S/C22H27N5O10/c1-4-8(2)20(30)36-16-12(28)15(21(31)33-3)35-10-5-9-14(37-22(10,16)32)13(29)19(34-9)27-7-26-11-17(23)24-6-25-18(11)27/h4,6-7,9-10,12-16,19,28-29,32H,5H2,1-3H3,(H2,23,24,25). The lowest BCUT2D eigenvalue weighted by Crippen LogP contribution is -2.73. The van der Waals surface area contributed by atoms with Crippen LogP contribution in [0.25, 0.3) is 11.2 Å². The van der Waals surface area contributed by atoms with Crippen molar-refractivity contribution in [3.05, 3.63) is 24.3 Å². The zero-order valence-corrected chi connectivity index (χ0v) is 20.1. The monoisotopic (exact) mass is 521 g/mol. The summed E-state index contributed by atoms with van der Waals surface area (Å²) in [6.45, 7) is 3.09. The largest absolute Gasteiger partial charge is 0.467 e. The van der Waals surface area contributed by atoms with Crippen LogP contribution in [0.2, 0.25) is 0 Å². The second-order valence-corrected chi connectivity index (χ2v) is 9.07. The smallest absolute Gasteiger partial charge is 0.337 e. The van der Waals surface area contributed by atoms with Crippen molar-refractivity contribution >= 4 is 28.9 Å². The Morgan fingerprint density at radius 2 is 2.00 bits per heavy atom. The van der Waals surface area contributed by atoms with E-state index in [0.29, 0.717) is 11.2 Å². The van der Waals surface area contributed by atoms with E-state index in [1.165, 1.54) is 30.2 Å². The highest BCUT2D eigenvalue weighted by Crippen LogP contribution is 2.47. The van der Waals surface area contributed by atoms with E-state index in [4.69, 9.17) is 29.4 Å². The van der Waals surface area contributed by atoms with Crippen molar-refractivity contribution in [1.29, 1.82) is 0 Å². The zero-order chi connectivity index (χ0) is 26.6. The van der Waals surface area contributed by atoms with Crippen LogP contribution in [0.4, 0.5) is 5.82 Å². The number of allylic oxidation sites excluding steroid dienone is 1. The molecule has 0 aromatic carbocycles. The van der Waals surface area contributed by atoms with Gasteiger partial charge >= 0.3 is 11.9 Å². The number of fused-ring (bicyclic) bond motifs is 3. The summed E-state index contributed by atoms with van der Waals surface area (Å²) in [5, 5.41) is 33.7. The van der Waals surface area contributed by atoms with Gasteiger partial charge in [-0.15, -0.1) is 0 Å². The molecule has 15 heteroatoms. The molecular formula is C22H27N5O10. The molecule has 37 heavy (non-hydrogen) atoms. The Labute approximate surface area is 209 Å². The Morgan fingerprint density at radius 3 is 2.70 bits per heavy atom. The third-order valence-corrected chi connectivity index (χ3v) is 6.96. The minimum absolute atomic E-state index is 0.0880. The van der Waals surface area contributed by atoms with Crippen LogP contribution in [0.3, 0.4) is 0 Å². The molecule has 3 saturated heterocycles. The number of carbonyl (C=O) groups excluding carboxylic acids is 2. The fourth-order valence-electron chi connectivity index (χ4n) is 4.87. The Morgan fingerprint density at radius 1 is 1.24 bits per heavy atom. The van der Waals surface area contributed by atoms with Gasteiger partial charge < -0.3 is 44.7 Å². The lowest BCUT2D eigenvalue weighted by molar-refractivity contribution is -0.396. The molecule has 0 saturated carbocycles. The van der Waals surface area contributed by atoms with Crippen LogP contribution in [0, 0.1) is 0 Å². The van der Waals surface area contributed by atoms with Crippen molar-refractivity contribution < 1.29 is 48.6 Å². The molecule has 2 aromatic heterocycles. The first-order chi connectivity index (χ1) is 17.6. The quantitative estimate of drug-likeness (QED) is 0.262. The summed E-state index contributed by atoms with van der Waals surface area (Å²) >= 11 is 0. The van der Waals surface area contributed by atoms with Crippen LogP contribution < -0.4 is 5.73 Å². The minimum atomic E-state index is -2.43. The molecule has 5 heterocycles. The molecule has 3 fully saturated rings. The van der Waals surface area contributed by atoms with Gasteiger partial charge in [0.15, 0.2) is 29.9 Å². The fraction of sp³-hybridized carbons (Fsp3) is 0.591. The highest BCUT2D eigenvalue weighted by molar-refractivity contribution is 5.88. The number of hydrogen-bond donors (Lipinski definition) is 4. The van der Waals surface area contributed by atoms with Crippen LogP contribution in [-0.4, -0.2) is 102 Å². The molecule has 15 nitrogen and oxygen atoms in total. The average molecular weight is 521 g/mol. The number of nitrogens with zero attached hydrogens (tertiary/aromatic N) is 4. The number of aliphatic hydroxyl groups excluding tert-OH is 2. The molecular weight excluding hydrogens is 494 g/mol. The summed E-state index contributed by atoms with van der Waals surface area (Å²) in [5.74, 6) is -4.08. The molecule has 0 spiro atoms. The van der Waals surface area contributed by atoms with Crippen LogP contribution in [-0.2, 0) is 33.3 Å². The number of methoxy groups -OCH3 is 1. The van der Waals surface area contributed by atoms with Gasteiger partial charge in [0.25, 0.3) is 0 Å². The first kappa shape index (κ1) is 25.4. The first-order valence-corrected chi connectivity index (χ1v) is 11.5. The van der Waals surface area contributed by atoms with Gasteiger partial charge in [0, 0.05) is 12.0 Å². The van der Waals surface area contributed by atoms with E-state index in [1.54, 1.807) is 6.92 Å². The van der Waals surface area contributed by atoms with E-state index in [9.17, 15) is 24.9 Å². The maximum absolute atomic E-state index is 12.6. The van der Waals surface area contributed by atoms with Crippen LogP contribution >= 0.6 is 0 Å². The maximum atomic E-state index is 12.6. The van der Waals surface area contributed by atoms with E-state index < -0.39 is 66.7 Å². The molecule has 2 aromatic rings. The van der Waals surface area contributed by atoms with Crippen molar-refractivity contribution in [1.82, 2.24) is 19.5 Å². The van der Waals surface area contributed by atoms with Crippen molar-refractivity contribution in [3.8, 4) is 0 Å². The van der Waals surface area contributed by atoms with E-state index in [2.05, 4.69) is 15.0 Å². The maximum Gasteiger partial charge on any atom is 0.337 e. The zero-order valence-electron chi connectivity index (χ0n) is 20.1. The molecule has 0 amide bonds. The first-order valence-electron chi connectivity index (χ1n) is 11.5. The molecule has 3 aliphatic heterocycles. The molecule has 0 bridgehead atoms. The van der Waals surface area contributed by atoms with Gasteiger partial charge in [0.2, 0.25) is 5.79 Å². The van der Waals surface area contributed by atoms with E-state index in [0.717, 1.165) is 7.11 Å². The summed E-state index contributed by atoms with van der Waals surface area (Å²) in [7, 11) is 1.10. The fourth-order valence-corrected chi connectivity index (χ4v) is 4.87. The molecule has 5 rings (SSSR count).